The van der Waals surface area contributed by atoms with Crippen LogP contribution in [0.5, 0.6) is 0 Å². The predicted molar refractivity (Wildman–Crippen MR) is 85.6 cm³/mol. The molecule has 0 fully saturated rings. The zero-order valence-electron chi connectivity index (χ0n) is 12.1. The zero-order chi connectivity index (χ0) is 15.2. The number of nitrogens with one attached hydrogen (secondary N) is 2. The van der Waals surface area contributed by atoms with Crippen LogP contribution in [-0.4, -0.2) is 18.4 Å². The van der Waals surface area contributed by atoms with Gasteiger partial charge < -0.3 is 10.6 Å². The molecule has 2 aromatic rings. The summed E-state index contributed by atoms with van der Waals surface area (Å²) in [6.45, 7) is 4.34. The lowest BCUT2D eigenvalue weighted by Gasteiger charge is -2.09. The smallest absolute Gasteiger partial charge is 0.313 e. The van der Waals surface area contributed by atoms with Gasteiger partial charge in [0.1, 0.15) is 0 Å². The Hall–Kier alpha value is -2.14. The highest BCUT2D eigenvalue weighted by Gasteiger charge is 2.14. The quantitative estimate of drug-likeness (QED) is 0.853. The van der Waals surface area contributed by atoms with Crippen LogP contribution in [0.4, 0.5) is 5.69 Å². The van der Waals surface area contributed by atoms with Crippen molar-refractivity contribution in [2.24, 2.45) is 0 Å². The van der Waals surface area contributed by atoms with Gasteiger partial charge in [-0.05, 0) is 54.3 Å². The van der Waals surface area contributed by atoms with Crippen LogP contribution in [0, 0.1) is 13.8 Å². The van der Waals surface area contributed by atoms with Crippen molar-refractivity contribution in [2.45, 2.75) is 20.3 Å². The minimum Gasteiger partial charge on any atom is -0.347 e. The third-order valence-corrected chi connectivity index (χ3v) is 3.85. The Morgan fingerprint density at radius 3 is 2.62 bits per heavy atom. The molecule has 5 heteroatoms. The number of carbonyl (C=O) groups is 2. The summed E-state index contributed by atoms with van der Waals surface area (Å²) in [5.74, 6) is -1.24. The molecule has 0 atom stereocenters. The summed E-state index contributed by atoms with van der Waals surface area (Å²) in [5.41, 5.74) is 3.88. The van der Waals surface area contributed by atoms with Gasteiger partial charge in [0, 0.05) is 12.2 Å². The number of benzene rings is 1. The first kappa shape index (κ1) is 15.3. The van der Waals surface area contributed by atoms with E-state index < -0.39 is 11.8 Å². The molecular weight excluding hydrogens is 284 g/mol. The largest absolute Gasteiger partial charge is 0.347 e. The fourth-order valence-electron chi connectivity index (χ4n) is 1.97. The van der Waals surface area contributed by atoms with Gasteiger partial charge in [-0.1, -0.05) is 17.7 Å². The Morgan fingerprint density at radius 1 is 1.14 bits per heavy atom. The van der Waals surface area contributed by atoms with E-state index in [9.17, 15) is 9.59 Å². The van der Waals surface area contributed by atoms with E-state index in [-0.39, 0.29) is 0 Å². The molecule has 2 rings (SSSR count). The van der Waals surface area contributed by atoms with E-state index in [1.807, 2.05) is 42.8 Å². The number of amides is 2. The molecule has 0 spiro atoms. The molecule has 0 unspecified atom stereocenters. The number of rotatable bonds is 4. The molecule has 0 radical (unpaired) electrons. The molecule has 1 heterocycles. The van der Waals surface area contributed by atoms with E-state index in [4.69, 9.17) is 0 Å². The second kappa shape index (κ2) is 7.04. The van der Waals surface area contributed by atoms with E-state index in [1.165, 1.54) is 0 Å². The number of aryl methyl sites for hydroxylation is 2. The predicted octanol–water partition coefficient (Wildman–Crippen LogP) is 2.66. The molecule has 0 saturated carbocycles. The molecule has 21 heavy (non-hydrogen) atoms. The van der Waals surface area contributed by atoms with Crippen molar-refractivity contribution in [3.63, 3.8) is 0 Å². The van der Waals surface area contributed by atoms with Crippen molar-refractivity contribution in [3.8, 4) is 0 Å². The van der Waals surface area contributed by atoms with Gasteiger partial charge in [0.25, 0.3) is 0 Å². The van der Waals surface area contributed by atoms with Gasteiger partial charge in [-0.2, -0.15) is 11.3 Å². The maximum absolute atomic E-state index is 11.8. The summed E-state index contributed by atoms with van der Waals surface area (Å²) < 4.78 is 0. The third-order valence-electron chi connectivity index (χ3n) is 3.12. The normalized spacial score (nSPS) is 10.2. The second-order valence-corrected chi connectivity index (χ2v) is 5.69. The van der Waals surface area contributed by atoms with Gasteiger partial charge in [0.15, 0.2) is 0 Å². The molecule has 0 aliphatic rings. The topological polar surface area (TPSA) is 58.2 Å². The fraction of sp³-hybridized carbons (Fsp3) is 0.250. The van der Waals surface area contributed by atoms with Crippen molar-refractivity contribution in [1.29, 1.82) is 0 Å². The first-order chi connectivity index (χ1) is 10.1. The summed E-state index contributed by atoms with van der Waals surface area (Å²) in [6.07, 6.45) is 0.728. The maximum Gasteiger partial charge on any atom is 0.313 e. The molecule has 2 N–H and O–H groups in total. The van der Waals surface area contributed by atoms with E-state index in [1.54, 1.807) is 17.4 Å². The summed E-state index contributed by atoms with van der Waals surface area (Å²) in [4.78, 5) is 23.6. The first-order valence-electron chi connectivity index (χ1n) is 6.74. The lowest BCUT2D eigenvalue weighted by molar-refractivity contribution is -0.136. The van der Waals surface area contributed by atoms with Crippen LogP contribution in [0.25, 0.3) is 0 Å². The molecule has 110 valence electrons. The summed E-state index contributed by atoms with van der Waals surface area (Å²) in [6, 6.07) is 7.68. The molecule has 0 saturated heterocycles. The molecular formula is C16H18N2O2S. The number of thiophene rings is 1. The highest BCUT2D eigenvalue weighted by atomic mass is 32.1. The highest BCUT2D eigenvalue weighted by Crippen LogP contribution is 2.15. The van der Waals surface area contributed by atoms with Crippen LogP contribution >= 0.6 is 11.3 Å². The van der Waals surface area contributed by atoms with Crippen LogP contribution < -0.4 is 10.6 Å². The van der Waals surface area contributed by atoms with Crippen molar-refractivity contribution >= 4 is 28.8 Å². The van der Waals surface area contributed by atoms with Crippen molar-refractivity contribution in [2.75, 3.05) is 11.9 Å². The minimum atomic E-state index is -0.632. The SMILES string of the molecule is Cc1ccc(NC(=O)C(=O)NCCc2ccsc2)c(C)c1. The third kappa shape index (κ3) is 4.43. The van der Waals surface area contributed by atoms with Crippen molar-refractivity contribution in [3.05, 3.63) is 51.7 Å². The van der Waals surface area contributed by atoms with Gasteiger partial charge in [-0.15, -0.1) is 0 Å². The van der Waals surface area contributed by atoms with Gasteiger partial charge >= 0.3 is 11.8 Å². The average Bonchev–Trinajstić information content (AvgIpc) is 2.95. The molecule has 0 bridgehead atoms. The molecule has 4 nitrogen and oxygen atoms in total. The van der Waals surface area contributed by atoms with Crippen LogP contribution in [-0.2, 0) is 16.0 Å². The Labute approximate surface area is 128 Å². The first-order valence-corrected chi connectivity index (χ1v) is 7.68. The lowest BCUT2D eigenvalue weighted by Crippen LogP contribution is -2.36. The van der Waals surface area contributed by atoms with Gasteiger partial charge in [-0.3, -0.25) is 9.59 Å². The van der Waals surface area contributed by atoms with Crippen LogP contribution in [0.2, 0.25) is 0 Å². The minimum absolute atomic E-state index is 0.454. The standard InChI is InChI=1S/C16H18N2O2S/c1-11-3-4-14(12(2)9-11)18-16(20)15(19)17-7-5-13-6-8-21-10-13/h3-4,6,8-10H,5,7H2,1-2H3,(H,17,19)(H,18,20). The number of hydrogen-bond donors (Lipinski definition) is 2. The molecule has 1 aromatic heterocycles. The number of carbonyl (C=O) groups excluding carboxylic acids is 2. The van der Waals surface area contributed by atoms with Crippen LogP contribution in [0.3, 0.4) is 0 Å². The highest BCUT2D eigenvalue weighted by molar-refractivity contribution is 7.07. The van der Waals surface area contributed by atoms with E-state index >= 15 is 0 Å². The van der Waals surface area contributed by atoms with Gasteiger partial charge in [0.2, 0.25) is 0 Å². The van der Waals surface area contributed by atoms with Gasteiger partial charge in [-0.25, -0.2) is 0 Å². The number of hydrogen-bond acceptors (Lipinski definition) is 3. The molecule has 1 aromatic carbocycles. The molecule has 0 aliphatic carbocycles. The van der Waals surface area contributed by atoms with Crippen LogP contribution in [0.15, 0.2) is 35.0 Å². The number of anilines is 1. The average molecular weight is 302 g/mol. The Balaban J connectivity index is 1.83. The fourth-order valence-corrected chi connectivity index (χ4v) is 2.67. The van der Waals surface area contributed by atoms with E-state index in [0.717, 1.165) is 23.1 Å². The van der Waals surface area contributed by atoms with Crippen LogP contribution in [0.1, 0.15) is 16.7 Å². The Bertz CT molecular complexity index is 636. The molecule has 0 aliphatic heterocycles. The Kier molecular flexibility index (Phi) is 5.11. The summed E-state index contributed by atoms with van der Waals surface area (Å²) in [7, 11) is 0. The molecule has 2 amide bonds. The summed E-state index contributed by atoms with van der Waals surface area (Å²) in [5, 5.41) is 9.28. The summed E-state index contributed by atoms with van der Waals surface area (Å²) >= 11 is 1.62. The van der Waals surface area contributed by atoms with Gasteiger partial charge in [0.05, 0.1) is 0 Å². The monoisotopic (exact) mass is 302 g/mol. The van der Waals surface area contributed by atoms with E-state index in [2.05, 4.69) is 10.6 Å². The lowest BCUT2D eigenvalue weighted by atomic mass is 10.1. The zero-order valence-corrected chi connectivity index (χ0v) is 12.9. The maximum atomic E-state index is 11.8. The van der Waals surface area contributed by atoms with Crippen molar-refractivity contribution < 1.29 is 9.59 Å². The van der Waals surface area contributed by atoms with E-state index in [0.29, 0.717) is 12.2 Å². The Morgan fingerprint density at radius 2 is 1.95 bits per heavy atom. The second-order valence-electron chi connectivity index (χ2n) is 4.91. The van der Waals surface area contributed by atoms with Crippen molar-refractivity contribution in [1.82, 2.24) is 5.32 Å².